The van der Waals surface area contributed by atoms with Crippen LogP contribution < -0.4 is 10.2 Å². The van der Waals surface area contributed by atoms with Gasteiger partial charge in [-0.1, -0.05) is 70.1 Å². The van der Waals surface area contributed by atoms with Crippen LogP contribution in [0.5, 0.6) is 11.8 Å². The Morgan fingerprint density at radius 3 is 2.20 bits per heavy atom. The van der Waals surface area contributed by atoms with Gasteiger partial charge in [0.2, 0.25) is 0 Å². The van der Waals surface area contributed by atoms with Crippen LogP contribution in [0.2, 0.25) is 0 Å². The summed E-state index contributed by atoms with van der Waals surface area (Å²) in [5.41, 5.74) is 1.50. The molecule has 2 aliphatic rings. The summed E-state index contributed by atoms with van der Waals surface area (Å²) >= 11 is 0. The van der Waals surface area contributed by atoms with Crippen molar-refractivity contribution in [2.45, 2.75) is 83.8 Å². The van der Waals surface area contributed by atoms with Gasteiger partial charge in [-0.25, -0.2) is 9.78 Å². The van der Waals surface area contributed by atoms with Crippen LogP contribution in [0.3, 0.4) is 0 Å². The lowest BCUT2D eigenvalue weighted by Gasteiger charge is -2.36. The minimum atomic E-state index is -0.529. The Morgan fingerprint density at radius 1 is 0.925 bits per heavy atom. The fraction of sp³-hybridized carbons (Fsp3) is 0.613. The number of piperazine rings is 1. The molecule has 0 bridgehead atoms. The fourth-order valence-electron chi connectivity index (χ4n) is 5.67. The lowest BCUT2D eigenvalue weighted by atomic mass is 10.0. The number of allylic oxidation sites excluding steroid dienone is 2. The molecule has 1 aliphatic carbocycles. The zero-order chi connectivity index (χ0) is 28.2. The smallest absolute Gasteiger partial charge is 0.407 e. The average Bonchev–Trinajstić information content (AvgIpc) is 3.22. The number of nitrogens with one attached hydrogen (secondary N) is 1. The summed E-state index contributed by atoms with van der Waals surface area (Å²) < 4.78 is 7.40. The van der Waals surface area contributed by atoms with E-state index in [0.29, 0.717) is 25.9 Å². The average molecular weight is 554 g/mol. The zero-order valence-corrected chi connectivity index (χ0v) is 24.1. The largest absolute Gasteiger partial charge is 0.494 e. The van der Waals surface area contributed by atoms with Gasteiger partial charge >= 0.3 is 6.09 Å². The molecule has 3 heterocycles. The first-order chi connectivity index (χ1) is 19.6. The van der Waals surface area contributed by atoms with Crippen molar-refractivity contribution in [3.63, 3.8) is 0 Å². The van der Waals surface area contributed by atoms with Crippen molar-refractivity contribution in [2.75, 3.05) is 44.2 Å². The summed E-state index contributed by atoms with van der Waals surface area (Å²) in [6, 6.07) is 5.93. The summed E-state index contributed by atoms with van der Waals surface area (Å²) in [5, 5.41) is 24.7. The molecule has 1 unspecified atom stereocenters. The van der Waals surface area contributed by atoms with Crippen molar-refractivity contribution in [3.05, 3.63) is 47.7 Å². The molecule has 0 radical (unpaired) electrons. The van der Waals surface area contributed by atoms with E-state index in [-0.39, 0.29) is 18.3 Å². The van der Waals surface area contributed by atoms with Crippen molar-refractivity contribution in [3.8, 4) is 11.8 Å². The van der Waals surface area contributed by atoms with E-state index in [1.54, 1.807) is 0 Å². The van der Waals surface area contributed by atoms with E-state index in [4.69, 9.17) is 4.74 Å². The number of aromatic hydroxyl groups is 2. The number of alkyl carbamates (subject to hydrolysis) is 1. The molecule has 1 aliphatic heterocycles. The molecule has 220 valence electrons. The van der Waals surface area contributed by atoms with Gasteiger partial charge in [0.15, 0.2) is 11.8 Å². The highest BCUT2D eigenvalue weighted by atomic mass is 16.6. The van der Waals surface area contributed by atoms with Gasteiger partial charge in [-0.15, -0.1) is 0 Å². The number of rotatable bonds is 15. The summed E-state index contributed by atoms with van der Waals surface area (Å²) in [6.45, 7) is 6.79. The molecule has 2 aromatic heterocycles. The van der Waals surface area contributed by atoms with Crippen LogP contribution >= 0.6 is 0 Å². The quantitative estimate of drug-likeness (QED) is 0.211. The summed E-state index contributed by atoms with van der Waals surface area (Å²) in [6.07, 6.45) is 15.7. The van der Waals surface area contributed by atoms with Crippen LogP contribution in [0.4, 0.5) is 10.6 Å². The van der Waals surface area contributed by atoms with Crippen LogP contribution in [-0.2, 0) is 24.1 Å². The fourth-order valence-corrected chi connectivity index (χ4v) is 5.67. The Kier molecular flexibility index (Phi) is 11.6. The topological polar surface area (TPSA) is 103 Å². The van der Waals surface area contributed by atoms with E-state index in [1.165, 1.54) is 43.1 Å². The Labute approximate surface area is 238 Å². The number of hydrogen-bond acceptors (Lipinski definition) is 7. The predicted molar refractivity (Wildman–Crippen MR) is 158 cm³/mol. The molecular weight excluding hydrogens is 506 g/mol. The summed E-state index contributed by atoms with van der Waals surface area (Å²) in [5.74, 6) is 1.09. The zero-order valence-electron chi connectivity index (χ0n) is 24.1. The SMILES string of the molecule is CCCCCCCCCCNC(=O)OC(CN1CCN(c2ccccn2)CC1)Cn1c(O)c2c(c1O)CC=CC2. The van der Waals surface area contributed by atoms with Gasteiger partial charge in [-0.05, 0) is 31.4 Å². The van der Waals surface area contributed by atoms with Crippen molar-refractivity contribution in [2.24, 2.45) is 0 Å². The molecule has 9 heteroatoms. The number of amides is 1. The Balaban J connectivity index is 1.30. The third-order valence-electron chi connectivity index (χ3n) is 7.99. The molecule has 40 heavy (non-hydrogen) atoms. The molecule has 4 rings (SSSR count). The first kappa shape index (κ1) is 29.8. The van der Waals surface area contributed by atoms with Gasteiger partial charge in [-0.3, -0.25) is 9.47 Å². The molecule has 1 fully saturated rings. The first-order valence-corrected chi connectivity index (χ1v) is 15.2. The molecule has 3 N–H and O–H groups in total. The number of carbonyl (C=O) groups is 1. The van der Waals surface area contributed by atoms with Gasteiger partial charge < -0.3 is 25.2 Å². The minimum Gasteiger partial charge on any atom is -0.494 e. The van der Waals surface area contributed by atoms with Crippen molar-refractivity contribution < 1.29 is 19.7 Å². The van der Waals surface area contributed by atoms with E-state index < -0.39 is 12.2 Å². The third kappa shape index (κ3) is 8.40. The number of anilines is 1. The minimum absolute atomic E-state index is 0.0600. The Hall–Kier alpha value is -3.20. The monoisotopic (exact) mass is 553 g/mol. The molecule has 1 saturated heterocycles. The second-order valence-electron chi connectivity index (χ2n) is 11.0. The maximum absolute atomic E-state index is 12.8. The number of pyridine rings is 1. The lowest BCUT2D eigenvalue weighted by Crippen LogP contribution is -2.50. The Morgan fingerprint density at radius 2 is 1.57 bits per heavy atom. The van der Waals surface area contributed by atoms with E-state index >= 15 is 0 Å². The van der Waals surface area contributed by atoms with Gasteiger partial charge in [0.1, 0.15) is 11.9 Å². The number of carbonyl (C=O) groups excluding carboxylic acids is 1. The van der Waals surface area contributed by atoms with E-state index in [0.717, 1.165) is 56.0 Å². The van der Waals surface area contributed by atoms with Crippen molar-refractivity contribution in [1.82, 2.24) is 19.8 Å². The van der Waals surface area contributed by atoms with Crippen LogP contribution in [0, 0.1) is 0 Å². The highest BCUT2D eigenvalue weighted by Gasteiger charge is 2.28. The molecule has 1 amide bonds. The predicted octanol–water partition coefficient (Wildman–Crippen LogP) is 5.01. The maximum atomic E-state index is 12.8. The van der Waals surface area contributed by atoms with Gasteiger partial charge in [0.25, 0.3) is 0 Å². The first-order valence-electron chi connectivity index (χ1n) is 15.2. The standard InChI is InChI=1S/C31H47N5O4/c1-2-3-4-5-6-7-8-12-18-33-31(39)40-25(24-36-29(37)26-14-9-10-15-27(26)30(36)38)23-34-19-21-35(22-20-34)28-16-11-13-17-32-28/h9-11,13,16-17,25,37-38H,2-8,12,14-15,18-24H2,1H3,(H,33,39). The van der Waals surface area contributed by atoms with Gasteiger partial charge in [-0.2, -0.15) is 0 Å². The molecular formula is C31H47N5O4. The molecule has 9 nitrogen and oxygen atoms in total. The molecule has 0 saturated carbocycles. The van der Waals surface area contributed by atoms with Crippen molar-refractivity contribution in [1.29, 1.82) is 0 Å². The van der Waals surface area contributed by atoms with Crippen LogP contribution in [-0.4, -0.2) is 76.1 Å². The number of unbranched alkanes of at least 4 members (excludes halogenated alkanes) is 7. The number of nitrogens with zero attached hydrogens (tertiary/aromatic N) is 4. The highest BCUT2D eigenvalue weighted by Crippen LogP contribution is 2.37. The number of fused-ring (bicyclic) bond motifs is 1. The van der Waals surface area contributed by atoms with E-state index in [2.05, 4.69) is 27.0 Å². The van der Waals surface area contributed by atoms with Crippen LogP contribution in [0.1, 0.15) is 69.4 Å². The molecule has 0 aromatic carbocycles. The third-order valence-corrected chi connectivity index (χ3v) is 7.99. The number of hydrogen-bond donors (Lipinski definition) is 3. The second kappa shape index (κ2) is 15.6. The number of aromatic nitrogens is 2. The lowest BCUT2D eigenvalue weighted by molar-refractivity contribution is 0.0558. The highest BCUT2D eigenvalue weighted by molar-refractivity contribution is 5.67. The Bertz CT molecular complexity index is 1050. The van der Waals surface area contributed by atoms with E-state index in [9.17, 15) is 15.0 Å². The van der Waals surface area contributed by atoms with Crippen LogP contribution in [0.25, 0.3) is 0 Å². The van der Waals surface area contributed by atoms with Gasteiger partial charge in [0.05, 0.1) is 6.54 Å². The van der Waals surface area contributed by atoms with Crippen LogP contribution in [0.15, 0.2) is 36.5 Å². The summed E-state index contributed by atoms with van der Waals surface area (Å²) in [4.78, 5) is 21.8. The maximum Gasteiger partial charge on any atom is 0.407 e. The van der Waals surface area contributed by atoms with Gasteiger partial charge in [0, 0.05) is 56.6 Å². The normalized spacial score (nSPS) is 16.1. The van der Waals surface area contributed by atoms with E-state index in [1.807, 2.05) is 36.5 Å². The molecule has 1 atom stereocenters. The molecule has 2 aromatic rings. The summed E-state index contributed by atoms with van der Waals surface area (Å²) in [7, 11) is 0. The molecule has 0 spiro atoms. The number of ether oxygens (including phenoxy) is 1. The second-order valence-corrected chi connectivity index (χ2v) is 11.0. The van der Waals surface area contributed by atoms with Crippen molar-refractivity contribution >= 4 is 11.9 Å².